The van der Waals surface area contributed by atoms with Gasteiger partial charge in [-0.1, -0.05) is 30.3 Å². The van der Waals surface area contributed by atoms with Crippen molar-refractivity contribution < 1.29 is 9.57 Å². The first kappa shape index (κ1) is 17.2. The molecule has 1 unspecified atom stereocenters. The maximum Gasteiger partial charge on any atom is 0.127 e. The molecule has 0 amide bonds. The van der Waals surface area contributed by atoms with Gasteiger partial charge < -0.3 is 9.57 Å². The van der Waals surface area contributed by atoms with Crippen molar-refractivity contribution in [3.8, 4) is 22.8 Å². The van der Waals surface area contributed by atoms with Crippen LogP contribution in [0.2, 0.25) is 0 Å². The molecule has 0 radical (unpaired) electrons. The van der Waals surface area contributed by atoms with E-state index in [2.05, 4.69) is 28.3 Å². The highest BCUT2D eigenvalue weighted by molar-refractivity contribution is 6.02. The third-order valence-corrected chi connectivity index (χ3v) is 4.60. The minimum atomic E-state index is 0.487. The van der Waals surface area contributed by atoms with Crippen molar-refractivity contribution in [3.05, 3.63) is 71.9 Å². The van der Waals surface area contributed by atoms with Crippen LogP contribution in [0, 0.1) is 5.92 Å². The smallest absolute Gasteiger partial charge is 0.127 e. The highest BCUT2D eigenvalue weighted by Gasteiger charge is 2.24. The second kappa shape index (κ2) is 7.58. The summed E-state index contributed by atoms with van der Waals surface area (Å²) in [5, 5.41) is 13.1. The van der Waals surface area contributed by atoms with E-state index in [9.17, 15) is 0 Å². The van der Waals surface area contributed by atoms with Gasteiger partial charge in [-0.3, -0.25) is 0 Å². The Morgan fingerprint density at radius 1 is 0.926 bits per heavy atom. The lowest BCUT2D eigenvalue weighted by atomic mass is 9.86. The van der Waals surface area contributed by atoms with Crippen LogP contribution < -0.4 is 4.74 Å². The average molecular weight is 359 g/mol. The Morgan fingerprint density at radius 3 is 2.41 bits per heavy atom. The van der Waals surface area contributed by atoms with Gasteiger partial charge in [-0.25, -0.2) is 0 Å². The molecule has 1 heterocycles. The van der Waals surface area contributed by atoms with Crippen molar-refractivity contribution in [1.82, 2.24) is 10.2 Å². The molecule has 0 bridgehead atoms. The molecule has 3 aromatic rings. The molecule has 136 valence electrons. The summed E-state index contributed by atoms with van der Waals surface area (Å²) in [6.45, 7) is 2.19. The van der Waals surface area contributed by atoms with Crippen molar-refractivity contribution in [2.75, 3.05) is 7.11 Å². The van der Waals surface area contributed by atoms with Gasteiger partial charge in [0, 0.05) is 11.1 Å². The molecular weight excluding hydrogens is 338 g/mol. The minimum absolute atomic E-state index is 0.487. The molecule has 1 aliphatic carbocycles. The van der Waals surface area contributed by atoms with E-state index in [0.717, 1.165) is 52.6 Å². The molecule has 1 atom stereocenters. The summed E-state index contributed by atoms with van der Waals surface area (Å²) in [5.74, 6) is 2.08. The molecule has 0 saturated heterocycles. The fourth-order valence-electron chi connectivity index (χ4n) is 3.32. The van der Waals surface area contributed by atoms with Crippen molar-refractivity contribution in [2.45, 2.75) is 19.8 Å². The molecule has 1 aromatic heterocycles. The first-order chi connectivity index (χ1) is 13.2. The van der Waals surface area contributed by atoms with Crippen LogP contribution in [0.15, 0.2) is 65.8 Å². The number of para-hydroxylation sites is 1. The van der Waals surface area contributed by atoms with Crippen LogP contribution in [0.25, 0.3) is 11.3 Å². The van der Waals surface area contributed by atoms with Crippen LogP contribution in [0.3, 0.4) is 0 Å². The molecule has 5 nitrogen and oxygen atoms in total. The number of rotatable bonds is 4. The van der Waals surface area contributed by atoms with Gasteiger partial charge in [-0.15, -0.1) is 0 Å². The van der Waals surface area contributed by atoms with Gasteiger partial charge in [-0.2, -0.15) is 10.2 Å². The van der Waals surface area contributed by atoms with E-state index >= 15 is 0 Å². The van der Waals surface area contributed by atoms with Crippen LogP contribution in [0.4, 0.5) is 0 Å². The number of nitrogens with zero attached hydrogens (tertiary/aromatic N) is 3. The van der Waals surface area contributed by atoms with Gasteiger partial charge in [0.15, 0.2) is 0 Å². The van der Waals surface area contributed by atoms with E-state index in [0.29, 0.717) is 5.92 Å². The van der Waals surface area contributed by atoms with E-state index in [-0.39, 0.29) is 0 Å². The van der Waals surface area contributed by atoms with Crippen molar-refractivity contribution in [1.29, 1.82) is 0 Å². The summed E-state index contributed by atoms with van der Waals surface area (Å²) in [6, 6.07) is 19.7. The average Bonchev–Trinajstić information content (AvgIpc) is 2.69. The standard InChI is InChI=1S/C22H21N3O2/c1-15-12-21-19(22(13-15)25-26-2)14-20(23-24-21)16-8-10-18(11-9-16)27-17-6-4-3-5-7-17/h3-11,14-15H,12-13H2,1-2H3. The second-order valence-electron chi connectivity index (χ2n) is 6.76. The molecule has 0 saturated carbocycles. The van der Waals surface area contributed by atoms with Crippen molar-refractivity contribution in [2.24, 2.45) is 11.1 Å². The summed E-state index contributed by atoms with van der Waals surface area (Å²) < 4.78 is 5.85. The van der Waals surface area contributed by atoms with Gasteiger partial charge in [-0.05, 0) is 61.2 Å². The molecule has 0 fully saturated rings. The zero-order valence-corrected chi connectivity index (χ0v) is 15.4. The fraction of sp³-hybridized carbons (Fsp3) is 0.227. The largest absolute Gasteiger partial charge is 0.457 e. The predicted molar refractivity (Wildman–Crippen MR) is 105 cm³/mol. The third-order valence-electron chi connectivity index (χ3n) is 4.60. The quantitative estimate of drug-likeness (QED) is 0.624. The lowest BCUT2D eigenvalue weighted by molar-refractivity contribution is 0.212. The topological polar surface area (TPSA) is 56.6 Å². The first-order valence-electron chi connectivity index (χ1n) is 9.03. The highest BCUT2D eigenvalue weighted by atomic mass is 16.6. The van der Waals surface area contributed by atoms with Gasteiger partial charge in [0.05, 0.1) is 17.1 Å². The maximum absolute atomic E-state index is 5.85. The molecule has 0 N–H and O–H groups in total. The molecule has 27 heavy (non-hydrogen) atoms. The van der Waals surface area contributed by atoms with Gasteiger partial charge >= 0.3 is 0 Å². The monoisotopic (exact) mass is 359 g/mol. The lowest BCUT2D eigenvalue weighted by Crippen LogP contribution is -2.21. The highest BCUT2D eigenvalue weighted by Crippen LogP contribution is 2.29. The van der Waals surface area contributed by atoms with E-state index in [1.54, 1.807) is 7.11 Å². The van der Waals surface area contributed by atoms with Crippen molar-refractivity contribution in [3.63, 3.8) is 0 Å². The summed E-state index contributed by atoms with van der Waals surface area (Å²) in [5.41, 5.74) is 4.76. The number of hydrogen-bond acceptors (Lipinski definition) is 5. The van der Waals surface area contributed by atoms with Gasteiger partial charge in [0.1, 0.15) is 18.6 Å². The van der Waals surface area contributed by atoms with E-state index < -0.39 is 0 Å². The summed E-state index contributed by atoms with van der Waals surface area (Å²) in [6.07, 6.45) is 1.80. The van der Waals surface area contributed by atoms with Crippen LogP contribution in [0.1, 0.15) is 24.6 Å². The first-order valence-corrected chi connectivity index (χ1v) is 9.03. The number of hydrogen-bond donors (Lipinski definition) is 0. The number of aromatic nitrogens is 2. The molecule has 1 aliphatic rings. The van der Waals surface area contributed by atoms with Crippen LogP contribution in [-0.2, 0) is 11.3 Å². The van der Waals surface area contributed by atoms with Crippen LogP contribution in [-0.4, -0.2) is 23.0 Å². The Hall–Kier alpha value is -3.21. The molecule has 2 aromatic carbocycles. The molecule has 0 spiro atoms. The van der Waals surface area contributed by atoms with Gasteiger partial charge in [0.25, 0.3) is 0 Å². The summed E-state index contributed by atoms with van der Waals surface area (Å²) in [7, 11) is 1.58. The Kier molecular flexibility index (Phi) is 4.83. The van der Waals surface area contributed by atoms with Gasteiger partial charge in [0.2, 0.25) is 0 Å². The number of oxime groups is 1. The zero-order chi connectivity index (χ0) is 18.6. The Labute approximate surface area is 158 Å². The number of benzene rings is 2. The summed E-state index contributed by atoms with van der Waals surface area (Å²) in [4.78, 5) is 5.03. The van der Waals surface area contributed by atoms with Crippen LogP contribution in [0.5, 0.6) is 11.5 Å². The Morgan fingerprint density at radius 2 is 1.67 bits per heavy atom. The predicted octanol–water partition coefficient (Wildman–Crippen LogP) is 4.87. The van der Waals surface area contributed by atoms with Crippen LogP contribution >= 0.6 is 0 Å². The summed E-state index contributed by atoms with van der Waals surface area (Å²) >= 11 is 0. The van der Waals surface area contributed by atoms with Crippen molar-refractivity contribution >= 4 is 5.71 Å². The molecule has 5 heteroatoms. The Bertz CT molecular complexity index is 953. The lowest BCUT2D eigenvalue weighted by Gasteiger charge is -2.21. The molecule has 4 rings (SSSR count). The maximum atomic E-state index is 5.85. The van der Waals surface area contributed by atoms with E-state index in [1.165, 1.54) is 0 Å². The number of ether oxygens (including phenoxy) is 1. The normalized spacial score (nSPS) is 17.4. The fourth-order valence-corrected chi connectivity index (χ4v) is 3.32. The number of fused-ring (bicyclic) bond motifs is 1. The zero-order valence-electron chi connectivity index (χ0n) is 15.4. The van der Waals surface area contributed by atoms with E-state index in [4.69, 9.17) is 9.57 Å². The molecular formula is C22H21N3O2. The van der Waals surface area contributed by atoms with E-state index in [1.807, 2.05) is 54.6 Å². The SMILES string of the molecule is CON=C1CC(C)Cc2nnc(-c3ccc(Oc4ccccc4)cc3)cc21. The Balaban J connectivity index is 1.60. The second-order valence-corrected chi connectivity index (χ2v) is 6.76. The minimum Gasteiger partial charge on any atom is -0.457 e. The third kappa shape index (κ3) is 3.82. The molecule has 0 aliphatic heterocycles.